The molecule has 0 unspecified atom stereocenters. The summed E-state index contributed by atoms with van der Waals surface area (Å²) in [6.45, 7) is 3.28. The van der Waals surface area contributed by atoms with Gasteiger partial charge in [-0.15, -0.1) is 0 Å². The van der Waals surface area contributed by atoms with Crippen LogP contribution in [0.4, 0.5) is 10.1 Å². The van der Waals surface area contributed by atoms with Gasteiger partial charge in [0.15, 0.2) is 15.9 Å². The number of anilines is 1. The molecule has 0 spiro atoms. The first-order chi connectivity index (χ1) is 12.7. The molecule has 0 aliphatic heterocycles. The largest absolute Gasteiger partial charge is 0.453 e. The molecule has 144 valence electrons. The number of halogens is 1. The van der Waals surface area contributed by atoms with E-state index in [2.05, 4.69) is 5.32 Å². The van der Waals surface area contributed by atoms with Gasteiger partial charge < -0.3 is 10.1 Å². The van der Waals surface area contributed by atoms with Crippen molar-refractivity contribution in [1.82, 2.24) is 0 Å². The fourth-order valence-electron chi connectivity index (χ4n) is 2.25. The summed E-state index contributed by atoms with van der Waals surface area (Å²) >= 11 is 0. The van der Waals surface area contributed by atoms with E-state index in [1.807, 2.05) is 13.0 Å². The van der Waals surface area contributed by atoms with E-state index >= 15 is 0 Å². The highest BCUT2D eigenvalue weighted by molar-refractivity contribution is 7.91. The number of hydrogen-bond donors (Lipinski definition) is 1. The monoisotopic (exact) mass is 393 g/mol. The van der Waals surface area contributed by atoms with Crippen molar-refractivity contribution >= 4 is 27.4 Å². The molecule has 0 saturated heterocycles. The van der Waals surface area contributed by atoms with Crippen LogP contribution in [0.1, 0.15) is 18.9 Å². The van der Waals surface area contributed by atoms with E-state index in [4.69, 9.17) is 4.74 Å². The number of hydrogen-bond acceptors (Lipinski definition) is 5. The van der Waals surface area contributed by atoms with Crippen LogP contribution in [0.5, 0.6) is 0 Å². The molecule has 0 radical (unpaired) electrons. The Hall–Kier alpha value is -2.74. The van der Waals surface area contributed by atoms with Crippen LogP contribution in [0, 0.1) is 12.7 Å². The Kier molecular flexibility index (Phi) is 6.68. The second-order valence-corrected chi connectivity index (χ2v) is 8.12. The van der Waals surface area contributed by atoms with Crippen molar-refractivity contribution in [3.63, 3.8) is 0 Å². The Morgan fingerprint density at radius 1 is 1.15 bits per heavy atom. The predicted octanol–water partition coefficient (Wildman–Crippen LogP) is 2.87. The first-order valence-electron chi connectivity index (χ1n) is 8.23. The van der Waals surface area contributed by atoms with Crippen molar-refractivity contribution < 1.29 is 27.1 Å². The van der Waals surface area contributed by atoms with E-state index in [0.29, 0.717) is 5.69 Å². The third kappa shape index (κ3) is 6.18. The molecule has 0 heterocycles. The van der Waals surface area contributed by atoms with E-state index < -0.39 is 45.8 Å². The first kappa shape index (κ1) is 20.6. The van der Waals surface area contributed by atoms with Crippen LogP contribution in [0.15, 0.2) is 53.4 Å². The zero-order valence-electron chi connectivity index (χ0n) is 14.9. The van der Waals surface area contributed by atoms with Crippen molar-refractivity contribution in [3.8, 4) is 0 Å². The van der Waals surface area contributed by atoms with Gasteiger partial charge in [0.05, 0.1) is 17.1 Å². The van der Waals surface area contributed by atoms with E-state index in [9.17, 15) is 22.4 Å². The van der Waals surface area contributed by atoms with Gasteiger partial charge in [0, 0.05) is 5.69 Å². The number of nitrogens with one attached hydrogen (secondary N) is 1. The van der Waals surface area contributed by atoms with Gasteiger partial charge in [-0.1, -0.05) is 12.1 Å². The number of amides is 1. The molecular weight excluding hydrogens is 373 g/mol. The Bertz CT molecular complexity index is 925. The van der Waals surface area contributed by atoms with Crippen molar-refractivity contribution in [2.45, 2.75) is 31.3 Å². The molecule has 1 atom stereocenters. The lowest BCUT2D eigenvalue weighted by molar-refractivity contribution is -0.152. The molecule has 0 fully saturated rings. The molecule has 2 rings (SSSR count). The van der Waals surface area contributed by atoms with Crippen LogP contribution in [-0.2, 0) is 24.2 Å². The average molecular weight is 393 g/mol. The molecule has 0 saturated carbocycles. The number of carbonyl (C=O) groups is 2. The molecule has 2 aromatic carbocycles. The van der Waals surface area contributed by atoms with E-state index in [1.54, 1.807) is 18.2 Å². The van der Waals surface area contributed by atoms with Gasteiger partial charge >= 0.3 is 5.97 Å². The minimum absolute atomic E-state index is 0.0815. The summed E-state index contributed by atoms with van der Waals surface area (Å²) in [6.07, 6.45) is -1.49. The summed E-state index contributed by atoms with van der Waals surface area (Å²) in [5.41, 5.74) is 1.53. The molecule has 0 aliphatic rings. The molecule has 27 heavy (non-hydrogen) atoms. The van der Waals surface area contributed by atoms with Crippen LogP contribution in [0.3, 0.4) is 0 Å². The van der Waals surface area contributed by atoms with E-state index in [-0.39, 0.29) is 4.90 Å². The van der Waals surface area contributed by atoms with Crippen LogP contribution < -0.4 is 5.32 Å². The third-order valence-corrected chi connectivity index (χ3v) is 5.44. The van der Waals surface area contributed by atoms with Gasteiger partial charge in [0.2, 0.25) is 0 Å². The topological polar surface area (TPSA) is 89.5 Å². The maximum absolute atomic E-state index is 12.9. The van der Waals surface area contributed by atoms with Gasteiger partial charge in [0.1, 0.15) is 5.82 Å². The van der Waals surface area contributed by atoms with E-state index in [0.717, 1.165) is 29.8 Å². The average Bonchev–Trinajstić information content (AvgIpc) is 2.60. The summed E-state index contributed by atoms with van der Waals surface area (Å²) in [5.74, 6) is -2.38. The number of benzene rings is 2. The second kappa shape index (κ2) is 8.77. The third-order valence-electron chi connectivity index (χ3n) is 3.71. The lowest BCUT2D eigenvalue weighted by Crippen LogP contribution is -2.30. The highest BCUT2D eigenvalue weighted by atomic mass is 32.2. The minimum Gasteiger partial charge on any atom is -0.453 e. The number of ether oxygens (including phenoxy) is 1. The summed E-state index contributed by atoms with van der Waals surface area (Å²) in [5, 5.41) is 2.62. The van der Waals surface area contributed by atoms with Crippen molar-refractivity contribution in [2.24, 2.45) is 0 Å². The van der Waals surface area contributed by atoms with Crippen molar-refractivity contribution in [3.05, 3.63) is 59.9 Å². The zero-order valence-corrected chi connectivity index (χ0v) is 15.8. The summed E-state index contributed by atoms with van der Waals surface area (Å²) in [4.78, 5) is 23.9. The number of esters is 1. The summed E-state index contributed by atoms with van der Waals surface area (Å²) in [7, 11) is -3.75. The van der Waals surface area contributed by atoms with Crippen molar-refractivity contribution in [1.29, 1.82) is 0 Å². The van der Waals surface area contributed by atoms with Crippen molar-refractivity contribution in [2.75, 3.05) is 11.1 Å². The maximum atomic E-state index is 12.9. The fraction of sp³-hybridized carbons (Fsp3) is 0.263. The number of aryl methyl sites for hydroxylation is 1. The molecule has 2 aromatic rings. The molecule has 0 aliphatic carbocycles. The number of carbonyl (C=O) groups excluding carboxylic acids is 2. The highest BCUT2D eigenvalue weighted by Gasteiger charge is 2.21. The van der Waals surface area contributed by atoms with Crippen LogP contribution >= 0.6 is 0 Å². The number of sulfone groups is 1. The fourth-order valence-corrected chi connectivity index (χ4v) is 3.48. The normalized spacial score (nSPS) is 12.3. The van der Waals surface area contributed by atoms with E-state index in [1.165, 1.54) is 6.92 Å². The Morgan fingerprint density at radius 2 is 1.81 bits per heavy atom. The Morgan fingerprint density at radius 3 is 2.44 bits per heavy atom. The lowest BCUT2D eigenvalue weighted by atomic mass is 10.2. The molecule has 0 bridgehead atoms. The van der Waals surface area contributed by atoms with Gasteiger partial charge in [-0.2, -0.15) is 0 Å². The molecule has 1 amide bonds. The number of rotatable bonds is 7. The van der Waals surface area contributed by atoms with Crippen LogP contribution in [-0.4, -0.2) is 32.2 Å². The smallest absolute Gasteiger partial charge is 0.307 e. The molecule has 6 nitrogen and oxygen atoms in total. The van der Waals surface area contributed by atoms with Gasteiger partial charge in [-0.3, -0.25) is 9.59 Å². The highest BCUT2D eigenvalue weighted by Crippen LogP contribution is 2.14. The first-order valence-corrected chi connectivity index (χ1v) is 9.88. The molecule has 1 N–H and O–H groups in total. The molecular formula is C19H20FNO5S. The van der Waals surface area contributed by atoms with Gasteiger partial charge in [-0.25, -0.2) is 12.8 Å². The Labute approximate surface area is 157 Å². The standard InChI is InChI=1S/C19H20FNO5S/c1-13-4-3-5-16(12-13)21-19(23)14(2)26-18(22)10-11-27(24,25)17-8-6-15(20)7-9-17/h3-9,12,14H,10-11H2,1-2H3,(H,21,23)/t14-/m1/s1. The van der Waals surface area contributed by atoms with Gasteiger partial charge in [0.25, 0.3) is 5.91 Å². The summed E-state index contributed by atoms with van der Waals surface area (Å²) < 4.78 is 42.1. The summed E-state index contributed by atoms with van der Waals surface area (Å²) in [6, 6.07) is 11.5. The maximum Gasteiger partial charge on any atom is 0.307 e. The van der Waals surface area contributed by atoms with Crippen LogP contribution in [0.2, 0.25) is 0 Å². The SMILES string of the molecule is Cc1cccc(NC(=O)[C@@H](C)OC(=O)CCS(=O)(=O)c2ccc(F)cc2)c1. The Balaban J connectivity index is 1.87. The quantitative estimate of drug-likeness (QED) is 0.577. The zero-order chi connectivity index (χ0) is 20.0. The predicted molar refractivity (Wildman–Crippen MR) is 98.4 cm³/mol. The lowest BCUT2D eigenvalue weighted by Gasteiger charge is -2.14. The molecule has 0 aromatic heterocycles. The minimum atomic E-state index is -3.75. The van der Waals surface area contributed by atoms with Crippen LogP contribution in [0.25, 0.3) is 0 Å². The second-order valence-electron chi connectivity index (χ2n) is 6.01. The van der Waals surface area contributed by atoms with Gasteiger partial charge in [-0.05, 0) is 55.8 Å². The molecule has 8 heteroatoms.